The zero-order chi connectivity index (χ0) is 13.3. The Morgan fingerprint density at radius 3 is 1.94 bits per heavy atom. The van der Waals surface area contributed by atoms with Gasteiger partial charge < -0.3 is 12.3 Å². The molecule has 0 amide bonds. The highest BCUT2D eigenvalue weighted by Crippen LogP contribution is 2.32. The summed E-state index contributed by atoms with van der Waals surface area (Å²) >= 11 is 0. The van der Waals surface area contributed by atoms with Crippen molar-refractivity contribution in [2.75, 3.05) is 0 Å². The lowest BCUT2D eigenvalue weighted by atomic mass is 10.4. The van der Waals surface area contributed by atoms with E-state index in [0.717, 1.165) is 0 Å². The van der Waals surface area contributed by atoms with E-state index >= 15 is 0 Å². The van der Waals surface area contributed by atoms with Crippen LogP contribution in [-0.2, 0) is 12.3 Å². The average Bonchev–Trinajstić information content (AvgIpc) is 2.13. The summed E-state index contributed by atoms with van der Waals surface area (Å²) in [6.07, 6.45) is 0. The van der Waals surface area contributed by atoms with Gasteiger partial charge in [0.05, 0.1) is 0 Å². The first-order valence-electron chi connectivity index (χ1n) is 5.70. The third-order valence-corrected chi connectivity index (χ3v) is 14.4. The Hall–Kier alpha value is -0.249. The smallest absolute Gasteiger partial charge is 0.374 e. The molecule has 0 radical (unpaired) electrons. The molecule has 1 saturated heterocycles. The van der Waals surface area contributed by atoms with E-state index in [9.17, 15) is 0 Å². The predicted molar refractivity (Wildman–Crippen MR) is 77.9 cm³/mol. The summed E-state index contributed by atoms with van der Waals surface area (Å²) in [7, 11) is -6.96. The van der Waals surface area contributed by atoms with Crippen molar-refractivity contribution in [3.63, 3.8) is 0 Å². The summed E-state index contributed by atoms with van der Waals surface area (Å²) in [5.74, 6) is 0. The lowest BCUT2D eigenvalue weighted by Gasteiger charge is -2.47. The highest BCUT2D eigenvalue weighted by molar-refractivity contribution is 6.98. The van der Waals surface area contributed by atoms with Gasteiger partial charge in [-0.2, -0.15) is 0 Å². The molecule has 0 saturated carbocycles. The molecular formula is C11H22O3Si3. The minimum Gasteiger partial charge on any atom is -0.413 e. The van der Waals surface area contributed by atoms with E-state index in [-0.39, 0.29) is 0 Å². The normalized spacial score (nSPS) is 36.1. The summed E-state index contributed by atoms with van der Waals surface area (Å²) in [4.78, 5) is 0. The van der Waals surface area contributed by atoms with Gasteiger partial charge in [-0.1, -0.05) is 11.3 Å². The molecule has 1 aliphatic rings. The Bertz CT molecular complexity index is 363. The van der Waals surface area contributed by atoms with Gasteiger partial charge in [-0.15, -0.1) is 13.2 Å². The van der Waals surface area contributed by atoms with E-state index in [2.05, 4.69) is 18.9 Å². The Balaban J connectivity index is 3.19. The fourth-order valence-electron chi connectivity index (χ4n) is 1.94. The molecule has 0 bridgehead atoms. The Labute approximate surface area is 108 Å². The highest BCUT2D eigenvalue weighted by Gasteiger charge is 2.53. The van der Waals surface area contributed by atoms with Gasteiger partial charge in [0.1, 0.15) is 0 Å². The zero-order valence-corrected chi connectivity index (χ0v) is 14.4. The topological polar surface area (TPSA) is 27.7 Å². The summed E-state index contributed by atoms with van der Waals surface area (Å²) in [6.45, 7) is 17.9. The fourth-order valence-corrected chi connectivity index (χ4v) is 15.8. The van der Waals surface area contributed by atoms with Crippen LogP contribution in [0.15, 0.2) is 35.8 Å². The maximum absolute atomic E-state index is 6.16. The third kappa shape index (κ3) is 3.60. The SMILES string of the molecule is C=C[Si]1(C)O[Si](C)(C)O[Si](C=C)(C=C(C)C)O1. The van der Waals surface area contributed by atoms with Gasteiger partial charge in [-0.05, 0) is 44.9 Å². The first-order valence-corrected chi connectivity index (χ1v) is 12.9. The Morgan fingerprint density at radius 2 is 1.53 bits per heavy atom. The number of rotatable bonds is 3. The maximum atomic E-state index is 6.16. The molecule has 1 rings (SSSR count). The zero-order valence-electron chi connectivity index (χ0n) is 11.4. The van der Waals surface area contributed by atoms with Crippen LogP contribution in [0, 0.1) is 0 Å². The summed E-state index contributed by atoms with van der Waals surface area (Å²) in [6, 6.07) is 0. The summed E-state index contributed by atoms with van der Waals surface area (Å²) < 4.78 is 18.3. The second-order valence-electron chi connectivity index (χ2n) is 5.07. The molecular weight excluding hydrogens is 264 g/mol. The van der Waals surface area contributed by atoms with Crippen molar-refractivity contribution in [1.29, 1.82) is 0 Å². The highest BCUT2D eigenvalue weighted by atomic mass is 28.5. The van der Waals surface area contributed by atoms with Gasteiger partial charge in [0.2, 0.25) is 0 Å². The van der Waals surface area contributed by atoms with Crippen LogP contribution in [0.4, 0.5) is 0 Å². The molecule has 0 aliphatic carbocycles. The van der Waals surface area contributed by atoms with Crippen molar-refractivity contribution in [1.82, 2.24) is 0 Å². The molecule has 1 aliphatic heterocycles. The van der Waals surface area contributed by atoms with Gasteiger partial charge in [0, 0.05) is 0 Å². The van der Waals surface area contributed by atoms with Gasteiger partial charge in [0.15, 0.2) is 0 Å². The molecule has 3 nitrogen and oxygen atoms in total. The lowest BCUT2D eigenvalue weighted by molar-refractivity contribution is 0.249. The first kappa shape index (κ1) is 14.8. The number of hydrogen-bond donors (Lipinski definition) is 0. The van der Waals surface area contributed by atoms with Gasteiger partial charge in [-0.3, -0.25) is 0 Å². The van der Waals surface area contributed by atoms with Gasteiger partial charge in [-0.25, -0.2) is 0 Å². The van der Waals surface area contributed by atoms with Crippen molar-refractivity contribution in [3.05, 3.63) is 35.8 Å². The van der Waals surface area contributed by atoms with E-state index in [1.165, 1.54) is 5.57 Å². The summed E-state index contributed by atoms with van der Waals surface area (Å²) in [5.41, 5.74) is 6.94. The Kier molecular flexibility index (Phi) is 4.17. The lowest BCUT2D eigenvalue weighted by Crippen LogP contribution is -2.66. The predicted octanol–water partition coefficient (Wildman–Crippen LogP) is 3.22. The maximum Gasteiger partial charge on any atom is 0.374 e. The van der Waals surface area contributed by atoms with Crippen molar-refractivity contribution >= 4 is 25.7 Å². The van der Waals surface area contributed by atoms with E-state index < -0.39 is 25.7 Å². The quantitative estimate of drug-likeness (QED) is 0.746. The van der Waals surface area contributed by atoms with Crippen LogP contribution in [0.1, 0.15) is 13.8 Å². The molecule has 0 N–H and O–H groups in total. The molecule has 1 heterocycles. The molecule has 0 aromatic rings. The minimum atomic E-state index is -2.48. The molecule has 1 fully saturated rings. The Morgan fingerprint density at radius 1 is 0.941 bits per heavy atom. The molecule has 6 heteroatoms. The van der Waals surface area contributed by atoms with Crippen molar-refractivity contribution < 1.29 is 12.3 Å². The summed E-state index contributed by atoms with van der Waals surface area (Å²) in [5, 5.41) is 0. The van der Waals surface area contributed by atoms with Crippen molar-refractivity contribution in [2.24, 2.45) is 0 Å². The van der Waals surface area contributed by atoms with Crippen LogP contribution < -0.4 is 0 Å². The molecule has 0 aromatic heterocycles. The molecule has 0 aromatic carbocycles. The van der Waals surface area contributed by atoms with E-state index in [1.807, 2.05) is 44.9 Å². The van der Waals surface area contributed by atoms with Crippen LogP contribution in [0.3, 0.4) is 0 Å². The van der Waals surface area contributed by atoms with Gasteiger partial charge in [0.25, 0.3) is 0 Å². The van der Waals surface area contributed by atoms with Crippen LogP contribution in [0.25, 0.3) is 0 Å². The largest absolute Gasteiger partial charge is 0.413 e. The second-order valence-corrected chi connectivity index (χ2v) is 14.9. The fraction of sp³-hybridized carbons (Fsp3) is 0.455. The third-order valence-electron chi connectivity index (χ3n) is 2.36. The molecule has 17 heavy (non-hydrogen) atoms. The van der Waals surface area contributed by atoms with Crippen molar-refractivity contribution in [3.8, 4) is 0 Å². The first-order chi connectivity index (χ1) is 7.66. The van der Waals surface area contributed by atoms with Crippen LogP contribution in [0.5, 0.6) is 0 Å². The second kappa shape index (κ2) is 4.79. The molecule has 96 valence electrons. The van der Waals surface area contributed by atoms with Gasteiger partial charge >= 0.3 is 25.7 Å². The average molecular weight is 287 g/mol. The standard InChI is InChI=1S/C11H22O3Si3/c1-8-16(7)12-15(5,6)13-17(9-2,14-16)10-11(3)4/h8-10H,1-2H2,3-7H3. The van der Waals surface area contributed by atoms with E-state index in [1.54, 1.807) is 0 Å². The monoisotopic (exact) mass is 286 g/mol. The van der Waals surface area contributed by atoms with Crippen LogP contribution in [-0.4, -0.2) is 25.7 Å². The van der Waals surface area contributed by atoms with Crippen molar-refractivity contribution in [2.45, 2.75) is 33.5 Å². The molecule has 2 atom stereocenters. The van der Waals surface area contributed by atoms with Crippen LogP contribution in [0.2, 0.25) is 19.6 Å². The molecule has 0 spiro atoms. The number of hydrogen-bond acceptors (Lipinski definition) is 3. The van der Waals surface area contributed by atoms with E-state index in [4.69, 9.17) is 12.3 Å². The molecule has 2 unspecified atom stereocenters. The minimum absolute atomic E-state index is 1.18. The number of allylic oxidation sites excluding steroid dienone is 1. The van der Waals surface area contributed by atoms with E-state index in [0.29, 0.717) is 0 Å². The van der Waals surface area contributed by atoms with Crippen LogP contribution >= 0.6 is 0 Å².